The SMILES string of the molecule is COc1ccc(C23CC2C(=NO)c2ccccc2O3)cc1OC. The van der Waals surface area contributed by atoms with E-state index in [4.69, 9.17) is 14.2 Å². The highest BCUT2D eigenvalue weighted by molar-refractivity contribution is 6.08. The van der Waals surface area contributed by atoms with Crippen LogP contribution in [0.5, 0.6) is 17.2 Å². The molecule has 1 aliphatic heterocycles. The molecule has 23 heavy (non-hydrogen) atoms. The lowest BCUT2D eigenvalue weighted by molar-refractivity contribution is 0.164. The summed E-state index contributed by atoms with van der Waals surface area (Å²) in [5.41, 5.74) is 2.04. The molecule has 1 saturated carbocycles. The van der Waals surface area contributed by atoms with Crippen LogP contribution in [0.3, 0.4) is 0 Å². The molecule has 1 heterocycles. The van der Waals surface area contributed by atoms with Crippen LogP contribution in [-0.4, -0.2) is 25.1 Å². The highest BCUT2D eigenvalue weighted by atomic mass is 16.5. The van der Waals surface area contributed by atoms with Crippen molar-refractivity contribution in [3.8, 4) is 17.2 Å². The Morgan fingerprint density at radius 2 is 1.91 bits per heavy atom. The van der Waals surface area contributed by atoms with E-state index in [-0.39, 0.29) is 5.92 Å². The van der Waals surface area contributed by atoms with Crippen LogP contribution >= 0.6 is 0 Å². The van der Waals surface area contributed by atoms with Crippen molar-refractivity contribution in [2.75, 3.05) is 14.2 Å². The van der Waals surface area contributed by atoms with Gasteiger partial charge in [0.25, 0.3) is 0 Å². The van der Waals surface area contributed by atoms with Crippen LogP contribution in [-0.2, 0) is 5.60 Å². The maximum atomic E-state index is 9.47. The molecule has 0 amide bonds. The second-order valence-corrected chi connectivity index (χ2v) is 5.80. The van der Waals surface area contributed by atoms with Gasteiger partial charge in [-0.25, -0.2) is 0 Å². The molecule has 0 saturated heterocycles. The van der Waals surface area contributed by atoms with Crippen LogP contribution < -0.4 is 14.2 Å². The van der Waals surface area contributed by atoms with Crippen LogP contribution in [0, 0.1) is 5.92 Å². The second kappa shape index (κ2) is 4.91. The van der Waals surface area contributed by atoms with Gasteiger partial charge in [0.2, 0.25) is 0 Å². The lowest BCUT2D eigenvalue weighted by atomic mass is 9.95. The summed E-state index contributed by atoms with van der Waals surface area (Å²) in [5, 5.41) is 13.0. The number of benzene rings is 2. The molecule has 2 aromatic carbocycles. The summed E-state index contributed by atoms with van der Waals surface area (Å²) < 4.78 is 17.0. The van der Waals surface area contributed by atoms with Gasteiger partial charge in [0, 0.05) is 17.5 Å². The Balaban J connectivity index is 1.80. The minimum Gasteiger partial charge on any atom is -0.493 e. The van der Waals surface area contributed by atoms with E-state index in [1.807, 2.05) is 42.5 Å². The number of ether oxygens (including phenoxy) is 3. The fourth-order valence-electron chi connectivity index (χ4n) is 3.43. The number of oxime groups is 1. The zero-order valence-corrected chi connectivity index (χ0v) is 12.9. The van der Waals surface area contributed by atoms with E-state index < -0.39 is 5.60 Å². The molecular formula is C18H17NO4. The van der Waals surface area contributed by atoms with Gasteiger partial charge in [0.15, 0.2) is 11.5 Å². The van der Waals surface area contributed by atoms with E-state index in [2.05, 4.69) is 5.16 Å². The fourth-order valence-corrected chi connectivity index (χ4v) is 3.43. The van der Waals surface area contributed by atoms with Crippen LogP contribution in [0.1, 0.15) is 17.5 Å². The Bertz CT molecular complexity index is 801. The van der Waals surface area contributed by atoms with E-state index in [0.717, 1.165) is 23.3 Å². The molecule has 0 spiro atoms. The maximum absolute atomic E-state index is 9.47. The number of nitrogens with zero attached hydrogens (tertiary/aromatic N) is 1. The average molecular weight is 311 g/mol. The molecule has 0 aromatic heterocycles. The maximum Gasteiger partial charge on any atom is 0.161 e. The third kappa shape index (κ3) is 1.89. The molecule has 5 nitrogen and oxygen atoms in total. The van der Waals surface area contributed by atoms with E-state index >= 15 is 0 Å². The van der Waals surface area contributed by atoms with Crippen LogP contribution in [0.25, 0.3) is 0 Å². The van der Waals surface area contributed by atoms with Crippen molar-refractivity contribution in [1.82, 2.24) is 0 Å². The standard InChI is InChI=1S/C18H17NO4/c1-21-15-8-7-11(9-16(15)22-2)18-10-13(18)17(19-20)12-5-3-4-6-14(12)23-18/h3-9,13,20H,10H2,1-2H3. The van der Waals surface area contributed by atoms with Crippen LogP contribution in [0.4, 0.5) is 0 Å². The first-order valence-electron chi connectivity index (χ1n) is 7.46. The highest BCUT2D eigenvalue weighted by Gasteiger charge is 2.64. The zero-order valence-electron chi connectivity index (χ0n) is 12.9. The molecule has 0 bridgehead atoms. The summed E-state index contributed by atoms with van der Waals surface area (Å²) >= 11 is 0. The Hall–Kier alpha value is -2.69. The van der Waals surface area contributed by atoms with Gasteiger partial charge in [-0.1, -0.05) is 23.4 Å². The molecule has 1 fully saturated rings. The summed E-state index contributed by atoms with van der Waals surface area (Å²) in [6.07, 6.45) is 0.774. The van der Waals surface area contributed by atoms with Crippen molar-refractivity contribution >= 4 is 5.71 Å². The average Bonchev–Trinajstić information content (AvgIpc) is 3.34. The van der Waals surface area contributed by atoms with Crippen molar-refractivity contribution in [2.45, 2.75) is 12.0 Å². The quantitative estimate of drug-likeness (QED) is 0.698. The Morgan fingerprint density at radius 1 is 1.13 bits per heavy atom. The smallest absolute Gasteiger partial charge is 0.161 e. The molecule has 2 aromatic rings. The predicted molar refractivity (Wildman–Crippen MR) is 84.7 cm³/mol. The first kappa shape index (κ1) is 13.9. The lowest BCUT2D eigenvalue weighted by Crippen LogP contribution is -2.28. The summed E-state index contributed by atoms with van der Waals surface area (Å²) in [6, 6.07) is 13.4. The monoisotopic (exact) mass is 311 g/mol. The minimum absolute atomic E-state index is 0.0421. The zero-order chi connectivity index (χ0) is 16.0. The number of methoxy groups -OCH3 is 2. The summed E-state index contributed by atoms with van der Waals surface area (Å²) in [7, 11) is 3.22. The Kier molecular flexibility index (Phi) is 2.98. The van der Waals surface area contributed by atoms with E-state index in [1.165, 1.54) is 0 Å². The fraction of sp³-hybridized carbons (Fsp3) is 0.278. The Labute approximate surface area is 134 Å². The molecule has 0 radical (unpaired) electrons. The molecular weight excluding hydrogens is 294 g/mol. The van der Waals surface area contributed by atoms with Gasteiger partial charge in [-0.2, -0.15) is 0 Å². The van der Waals surface area contributed by atoms with Crippen LogP contribution in [0.2, 0.25) is 0 Å². The predicted octanol–water partition coefficient (Wildman–Crippen LogP) is 3.19. The summed E-state index contributed by atoms with van der Waals surface area (Å²) in [4.78, 5) is 0. The third-order valence-corrected chi connectivity index (χ3v) is 4.68. The minimum atomic E-state index is -0.491. The van der Waals surface area contributed by atoms with Crippen molar-refractivity contribution < 1.29 is 19.4 Å². The van der Waals surface area contributed by atoms with E-state index in [0.29, 0.717) is 17.2 Å². The molecule has 2 unspecified atom stereocenters. The van der Waals surface area contributed by atoms with Gasteiger partial charge in [-0.15, -0.1) is 0 Å². The van der Waals surface area contributed by atoms with Gasteiger partial charge in [-0.05, 0) is 24.3 Å². The van der Waals surface area contributed by atoms with Crippen molar-refractivity contribution in [3.05, 3.63) is 53.6 Å². The van der Waals surface area contributed by atoms with E-state index in [9.17, 15) is 5.21 Å². The van der Waals surface area contributed by atoms with Gasteiger partial charge in [0.1, 0.15) is 11.4 Å². The van der Waals surface area contributed by atoms with Gasteiger partial charge in [0.05, 0.1) is 25.8 Å². The van der Waals surface area contributed by atoms with E-state index in [1.54, 1.807) is 14.2 Å². The third-order valence-electron chi connectivity index (χ3n) is 4.68. The number of rotatable bonds is 3. The molecule has 1 N–H and O–H groups in total. The number of hydrogen-bond acceptors (Lipinski definition) is 5. The van der Waals surface area contributed by atoms with Crippen molar-refractivity contribution in [3.63, 3.8) is 0 Å². The number of para-hydroxylation sites is 1. The van der Waals surface area contributed by atoms with Crippen molar-refractivity contribution in [1.29, 1.82) is 0 Å². The van der Waals surface area contributed by atoms with Gasteiger partial charge < -0.3 is 19.4 Å². The molecule has 1 aliphatic carbocycles. The largest absolute Gasteiger partial charge is 0.493 e. The van der Waals surface area contributed by atoms with Gasteiger partial charge in [-0.3, -0.25) is 0 Å². The Morgan fingerprint density at radius 3 is 2.65 bits per heavy atom. The summed E-state index contributed by atoms with van der Waals surface area (Å²) in [5.74, 6) is 2.12. The first-order chi connectivity index (χ1) is 11.2. The molecule has 2 aliphatic rings. The number of fused-ring (bicyclic) bond motifs is 2. The first-order valence-corrected chi connectivity index (χ1v) is 7.46. The number of hydrogen-bond donors (Lipinski definition) is 1. The molecule has 5 heteroatoms. The summed E-state index contributed by atoms with van der Waals surface area (Å²) in [6.45, 7) is 0. The van der Waals surface area contributed by atoms with Crippen LogP contribution in [0.15, 0.2) is 47.6 Å². The topological polar surface area (TPSA) is 60.3 Å². The van der Waals surface area contributed by atoms with Crippen molar-refractivity contribution in [2.24, 2.45) is 11.1 Å². The van der Waals surface area contributed by atoms with Gasteiger partial charge >= 0.3 is 0 Å². The lowest BCUT2D eigenvalue weighted by Gasteiger charge is -2.27. The highest BCUT2D eigenvalue weighted by Crippen LogP contribution is 2.60. The molecule has 2 atom stereocenters. The second-order valence-electron chi connectivity index (χ2n) is 5.80. The molecule has 118 valence electrons. The normalized spacial score (nSPS) is 26.0. The molecule has 4 rings (SSSR count).